The maximum absolute atomic E-state index is 12.2. The van der Waals surface area contributed by atoms with Crippen molar-refractivity contribution in [3.63, 3.8) is 0 Å². The molecule has 0 aliphatic carbocycles. The molecule has 0 bridgehead atoms. The Morgan fingerprint density at radius 3 is 2.87 bits per heavy atom. The maximum Gasteiger partial charge on any atom is 0.410 e. The molecule has 1 aliphatic rings. The van der Waals surface area contributed by atoms with Crippen molar-refractivity contribution in [3.05, 3.63) is 24.3 Å². The van der Waals surface area contributed by atoms with E-state index in [0.717, 1.165) is 43.9 Å². The van der Waals surface area contributed by atoms with Crippen molar-refractivity contribution in [2.24, 2.45) is 5.92 Å². The Balaban J connectivity index is 1.85. The van der Waals surface area contributed by atoms with Crippen LogP contribution in [0.5, 0.6) is 5.75 Å². The molecule has 1 amide bonds. The Hall–Kier alpha value is -1.91. The average molecular weight is 320 g/mol. The van der Waals surface area contributed by atoms with Gasteiger partial charge in [-0.1, -0.05) is 6.07 Å². The van der Waals surface area contributed by atoms with E-state index < -0.39 is 5.60 Å². The summed E-state index contributed by atoms with van der Waals surface area (Å²) in [6.07, 6.45) is 1.93. The van der Waals surface area contributed by atoms with Gasteiger partial charge in [0, 0.05) is 31.4 Å². The summed E-state index contributed by atoms with van der Waals surface area (Å²) in [5.41, 5.74) is 0.599. The van der Waals surface area contributed by atoms with E-state index in [0.29, 0.717) is 5.92 Å². The Morgan fingerprint density at radius 2 is 2.17 bits per heavy atom. The summed E-state index contributed by atoms with van der Waals surface area (Å²) in [5, 5.41) is 3.44. The van der Waals surface area contributed by atoms with Gasteiger partial charge in [0.2, 0.25) is 0 Å². The summed E-state index contributed by atoms with van der Waals surface area (Å²) in [6.45, 7) is 8.06. The Labute approximate surface area is 139 Å². The lowest BCUT2D eigenvalue weighted by atomic mass is 9.98. The van der Waals surface area contributed by atoms with E-state index in [9.17, 15) is 4.79 Å². The third kappa shape index (κ3) is 5.66. The number of ether oxygens (including phenoxy) is 2. The van der Waals surface area contributed by atoms with E-state index in [4.69, 9.17) is 9.47 Å². The fraction of sp³-hybridized carbons (Fsp3) is 0.611. The number of amides is 1. The Morgan fingerprint density at radius 1 is 1.39 bits per heavy atom. The first-order valence-corrected chi connectivity index (χ1v) is 8.23. The number of rotatable bonds is 4. The Kier molecular flexibility index (Phi) is 5.74. The summed E-state index contributed by atoms with van der Waals surface area (Å²) >= 11 is 0. The second-order valence-corrected chi connectivity index (χ2v) is 7.05. The topological polar surface area (TPSA) is 50.8 Å². The molecule has 2 rings (SSSR count). The summed E-state index contributed by atoms with van der Waals surface area (Å²) < 4.78 is 10.7. The number of anilines is 1. The van der Waals surface area contributed by atoms with Crippen molar-refractivity contribution in [2.45, 2.75) is 39.2 Å². The normalized spacial score (nSPS) is 18.4. The largest absolute Gasteiger partial charge is 0.497 e. The van der Waals surface area contributed by atoms with E-state index in [1.807, 2.05) is 49.9 Å². The molecule has 1 aliphatic heterocycles. The number of nitrogens with zero attached hydrogens (tertiary/aromatic N) is 1. The fourth-order valence-corrected chi connectivity index (χ4v) is 2.72. The van der Waals surface area contributed by atoms with Gasteiger partial charge in [0.15, 0.2) is 0 Å². The van der Waals surface area contributed by atoms with Crippen LogP contribution >= 0.6 is 0 Å². The average Bonchev–Trinajstić information content (AvgIpc) is 2.52. The van der Waals surface area contributed by atoms with Gasteiger partial charge in [-0.05, 0) is 51.7 Å². The van der Waals surface area contributed by atoms with Crippen LogP contribution in [0.2, 0.25) is 0 Å². The lowest BCUT2D eigenvalue weighted by Crippen LogP contribution is -2.44. The number of piperidine rings is 1. The molecule has 1 N–H and O–H groups in total. The number of hydrogen-bond acceptors (Lipinski definition) is 4. The van der Waals surface area contributed by atoms with Crippen LogP contribution in [0.15, 0.2) is 24.3 Å². The molecular formula is C18H28N2O3. The molecule has 0 radical (unpaired) electrons. The highest BCUT2D eigenvalue weighted by Crippen LogP contribution is 2.21. The van der Waals surface area contributed by atoms with Crippen molar-refractivity contribution < 1.29 is 14.3 Å². The lowest BCUT2D eigenvalue weighted by molar-refractivity contribution is 0.0172. The zero-order valence-electron chi connectivity index (χ0n) is 14.6. The van der Waals surface area contributed by atoms with E-state index >= 15 is 0 Å². The third-order valence-electron chi connectivity index (χ3n) is 3.84. The zero-order chi connectivity index (χ0) is 16.9. The van der Waals surface area contributed by atoms with Crippen molar-refractivity contribution in [3.8, 4) is 5.75 Å². The minimum absolute atomic E-state index is 0.205. The van der Waals surface area contributed by atoms with Gasteiger partial charge in [0.05, 0.1) is 7.11 Å². The van der Waals surface area contributed by atoms with Gasteiger partial charge in [-0.25, -0.2) is 4.79 Å². The molecule has 5 heteroatoms. The first kappa shape index (κ1) is 17.4. The molecule has 128 valence electrons. The molecule has 0 saturated carbocycles. The molecule has 1 aromatic rings. The summed E-state index contributed by atoms with van der Waals surface area (Å²) in [7, 11) is 1.67. The number of likely N-dealkylation sites (tertiary alicyclic amines) is 1. The molecular weight excluding hydrogens is 292 g/mol. The zero-order valence-corrected chi connectivity index (χ0v) is 14.6. The van der Waals surface area contributed by atoms with Gasteiger partial charge in [0.1, 0.15) is 11.4 Å². The van der Waals surface area contributed by atoms with Crippen LogP contribution in [-0.2, 0) is 4.74 Å². The van der Waals surface area contributed by atoms with Crippen molar-refractivity contribution in [2.75, 3.05) is 32.1 Å². The van der Waals surface area contributed by atoms with Gasteiger partial charge in [0.25, 0.3) is 0 Å². The first-order valence-electron chi connectivity index (χ1n) is 8.23. The maximum atomic E-state index is 12.2. The highest BCUT2D eigenvalue weighted by atomic mass is 16.6. The lowest BCUT2D eigenvalue weighted by Gasteiger charge is -2.34. The van der Waals surface area contributed by atoms with Gasteiger partial charge >= 0.3 is 6.09 Å². The predicted octanol–water partition coefficient (Wildman–Crippen LogP) is 3.75. The second kappa shape index (κ2) is 7.57. The fourth-order valence-electron chi connectivity index (χ4n) is 2.72. The third-order valence-corrected chi connectivity index (χ3v) is 3.84. The smallest absolute Gasteiger partial charge is 0.410 e. The van der Waals surface area contributed by atoms with E-state index in [1.165, 1.54) is 0 Å². The minimum atomic E-state index is -0.442. The van der Waals surface area contributed by atoms with Crippen LogP contribution in [-0.4, -0.2) is 43.3 Å². The quantitative estimate of drug-likeness (QED) is 0.918. The van der Waals surface area contributed by atoms with E-state index in [-0.39, 0.29) is 6.09 Å². The monoisotopic (exact) mass is 320 g/mol. The van der Waals surface area contributed by atoms with Gasteiger partial charge in [-0.15, -0.1) is 0 Å². The SMILES string of the molecule is COc1cccc(NCC2CCCN(C(=O)OC(C)(C)C)C2)c1. The number of carbonyl (C=O) groups is 1. The summed E-state index contributed by atoms with van der Waals surface area (Å²) in [4.78, 5) is 14.0. The van der Waals surface area contributed by atoms with Crippen LogP contribution in [0.25, 0.3) is 0 Å². The van der Waals surface area contributed by atoms with Gasteiger partial charge in [-0.3, -0.25) is 0 Å². The van der Waals surface area contributed by atoms with Crippen molar-refractivity contribution in [1.82, 2.24) is 4.90 Å². The molecule has 0 aromatic heterocycles. The highest BCUT2D eigenvalue weighted by Gasteiger charge is 2.27. The van der Waals surface area contributed by atoms with Crippen LogP contribution in [0.1, 0.15) is 33.6 Å². The molecule has 1 fully saturated rings. The summed E-state index contributed by atoms with van der Waals surface area (Å²) in [5.74, 6) is 1.27. The Bertz CT molecular complexity index is 525. The predicted molar refractivity (Wildman–Crippen MR) is 92.0 cm³/mol. The molecule has 1 unspecified atom stereocenters. The van der Waals surface area contributed by atoms with Crippen LogP contribution in [0.3, 0.4) is 0 Å². The molecule has 0 spiro atoms. The van der Waals surface area contributed by atoms with Crippen LogP contribution < -0.4 is 10.1 Å². The van der Waals surface area contributed by atoms with Gasteiger partial charge < -0.3 is 19.7 Å². The van der Waals surface area contributed by atoms with Gasteiger partial charge in [-0.2, -0.15) is 0 Å². The van der Waals surface area contributed by atoms with E-state index in [2.05, 4.69) is 5.32 Å². The van der Waals surface area contributed by atoms with E-state index in [1.54, 1.807) is 7.11 Å². The molecule has 23 heavy (non-hydrogen) atoms. The second-order valence-electron chi connectivity index (χ2n) is 7.05. The number of benzene rings is 1. The number of methoxy groups -OCH3 is 1. The molecule has 1 atom stereocenters. The van der Waals surface area contributed by atoms with Crippen LogP contribution in [0.4, 0.5) is 10.5 Å². The van der Waals surface area contributed by atoms with Crippen molar-refractivity contribution >= 4 is 11.8 Å². The minimum Gasteiger partial charge on any atom is -0.497 e. The molecule has 1 heterocycles. The summed E-state index contributed by atoms with van der Waals surface area (Å²) in [6, 6.07) is 7.90. The standard InChI is InChI=1S/C18H28N2O3/c1-18(2,3)23-17(21)20-10-6-7-14(13-20)12-19-15-8-5-9-16(11-15)22-4/h5,8-9,11,14,19H,6-7,10,12-13H2,1-4H3. The number of carbonyl (C=O) groups excluding carboxylic acids is 1. The number of hydrogen-bond donors (Lipinski definition) is 1. The molecule has 1 aromatic carbocycles. The highest BCUT2D eigenvalue weighted by molar-refractivity contribution is 5.68. The van der Waals surface area contributed by atoms with Crippen LogP contribution in [0, 0.1) is 5.92 Å². The molecule has 5 nitrogen and oxygen atoms in total. The molecule has 1 saturated heterocycles. The first-order chi connectivity index (χ1) is 10.9. The van der Waals surface area contributed by atoms with Crippen molar-refractivity contribution in [1.29, 1.82) is 0 Å². The number of nitrogens with one attached hydrogen (secondary N) is 1.